The molecule has 2 heterocycles. The highest BCUT2D eigenvalue weighted by Gasteiger charge is 2.08. The molecule has 0 spiro atoms. The van der Waals surface area contributed by atoms with Gasteiger partial charge in [-0.2, -0.15) is 5.10 Å². The maximum atomic E-state index is 12.4. The van der Waals surface area contributed by atoms with E-state index < -0.39 is 0 Å². The summed E-state index contributed by atoms with van der Waals surface area (Å²) in [6.45, 7) is 0.670. The predicted octanol–water partition coefficient (Wildman–Crippen LogP) is 3.64. The number of amides is 1. The monoisotopic (exact) mass is 355 g/mol. The minimum Gasteiger partial charge on any atom is -0.319 e. The smallest absolute Gasteiger partial charge is 0.255 e. The van der Waals surface area contributed by atoms with Crippen molar-refractivity contribution in [2.24, 2.45) is 0 Å². The Labute approximate surface area is 156 Å². The van der Waals surface area contributed by atoms with Crippen LogP contribution in [0.25, 0.3) is 11.4 Å². The van der Waals surface area contributed by atoms with Crippen LogP contribution in [-0.2, 0) is 6.54 Å². The summed E-state index contributed by atoms with van der Waals surface area (Å²) < 4.78 is 1.83. The molecule has 4 rings (SSSR count). The van der Waals surface area contributed by atoms with Crippen LogP contribution in [0.5, 0.6) is 0 Å². The second-order valence-corrected chi connectivity index (χ2v) is 6.02. The zero-order valence-corrected chi connectivity index (χ0v) is 14.5. The highest BCUT2D eigenvalue weighted by Crippen LogP contribution is 2.15. The number of hydrogen-bond acceptors (Lipinski definition) is 4. The van der Waals surface area contributed by atoms with E-state index in [0.717, 1.165) is 11.1 Å². The Bertz CT molecular complexity index is 1010. The number of rotatable bonds is 5. The van der Waals surface area contributed by atoms with Crippen LogP contribution < -0.4 is 5.32 Å². The van der Waals surface area contributed by atoms with E-state index in [0.29, 0.717) is 23.6 Å². The summed E-state index contributed by atoms with van der Waals surface area (Å²) in [4.78, 5) is 21.0. The van der Waals surface area contributed by atoms with Gasteiger partial charge in [-0.05, 0) is 23.8 Å². The second kappa shape index (κ2) is 7.61. The lowest BCUT2D eigenvalue weighted by Gasteiger charge is -2.07. The number of nitrogens with one attached hydrogen (secondary N) is 1. The fraction of sp³-hybridized carbons (Fsp3) is 0.0476. The van der Waals surface area contributed by atoms with Gasteiger partial charge in [-0.25, -0.2) is 9.97 Å². The first-order chi connectivity index (χ1) is 13.3. The molecular weight excluding hydrogens is 338 g/mol. The molecule has 27 heavy (non-hydrogen) atoms. The minimum atomic E-state index is -0.197. The molecule has 0 bridgehead atoms. The molecule has 0 radical (unpaired) electrons. The van der Waals surface area contributed by atoms with Gasteiger partial charge in [-0.1, -0.05) is 42.5 Å². The first-order valence-corrected chi connectivity index (χ1v) is 8.53. The zero-order valence-electron chi connectivity index (χ0n) is 14.5. The zero-order chi connectivity index (χ0) is 18.5. The van der Waals surface area contributed by atoms with Crippen LogP contribution in [0.3, 0.4) is 0 Å². The largest absolute Gasteiger partial charge is 0.319 e. The van der Waals surface area contributed by atoms with Crippen molar-refractivity contribution in [3.8, 4) is 11.4 Å². The maximum absolute atomic E-state index is 12.4. The molecular formula is C21H17N5O. The average Bonchev–Trinajstić information content (AvgIpc) is 3.23. The van der Waals surface area contributed by atoms with Crippen LogP contribution in [0.2, 0.25) is 0 Å². The first kappa shape index (κ1) is 16.7. The number of nitrogens with zero attached hydrogens (tertiary/aromatic N) is 4. The summed E-state index contributed by atoms with van der Waals surface area (Å²) in [5.41, 5.74) is 3.14. The number of aromatic nitrogens is 4. The van der Waals surface area contributed by atoms with Gasteiger partial charge in [-0.3, -0.25) is 9.48 Å². The Hall–Kier alpha value is -3.80. The third kappa shape index (κ3) is 4.07. The normalized spacial score (nSPS) is 10.5. The van der Waals surface area contributed by atoms with Gasteiger partial charge in [0.2, 0.25) is 0 Å². The van der Waals surface area contributed by atoms with E-state index in [2.05, 4.69) is 20.4 Å². The standard InChI is InChI=1S/C21H17N5O/c27-21(18-9-7-16(8-10-18)15-26-12-4-11-24-26)25-19-13-22-20(23-14-19)17-5-2-1-3-6-17/h1-14H,15H2,(H,25,27). The van der Waals surface area contributed by atoms with Gasteiger partial charge < -0.3 is 5.32 Å². The summed E-state index contributed by atoms with van der Waals surface area (Å²) in [7, 11) is 0. The van der Waals surface area contributed by atoms with Crippen LogP contribution in [-0.4, -0.2) is 25.7 Å². The fourth-order valence-electron chi connectivity index (χ4n) is 2.67. The number of carbonyl (C=O) groups excluding carboxylic acids is 1. The molecule has 0 saturated heterocycles. The number of benzene rings is 2. The Kier molecular flexibility index (Phi) is 4.70. The van der Waals surface area contributed by atoms with Crippen LogP contribution in [0, 0.1) is 0 Å². The van der Waals surface area contributed by atoms with Crippen molar-refractivity contribution in [2.45, 2.75) is 6.54 Å². The number of carbonyl (C=O) groups is 1. The average molecular weight is 355 g/mol. The Morgan fingerprint density at radius 3 is 2.33 bits per heavy atom. The molecule has 1 N–H and O–H groups in total. The van der Waals surface area contributed by atoms with E-state index in [9.17, 15) is 4.79 Å². The number of hydrogen-bond donors (Lipinski definition) is 1. The van der Waals surface area contributed by atoms with Crippen molar-refractivity contribution in [1.29, 1.82) is 0 Å². The highest BCUT2D eigenvalue weighted by atomic mass is 16.1. The molecule has 2 aromatic carbocycles. The molecule has 1 amide bonds. The molecule has 0 aliphatic heterocycles. The van der Waals surface area contributed by atoms with E-state index in [1.165, 1.54) is 0 Å². The van der Waals surface area contributed by atoms with E-state index in [1.54, 1.807) is 30.7 Å². The molecule has 0 atom stereocenters. The molecule has 0 saturated carbocycles. The van der Waals surface area contributed by atoms with Crippen LogP contribution in [0.15, 0.2) is 85.5 Å². The molecule has 2 aromatic heterocycles. The Morgan fingerprint density at radius 2 is 1.67 bits per heavy atom. The Balaban J connectivity index is 1.41. The van der Waals surface area contributed by atoms with Crippen molar-refractivity contribution in [2.75, 3.05) is 5.32 Å². The van der Waals surface area contributed by atoms with Gasteiger partial charge in [0.05, 0.1) is 24.6 Å². The SMILES string of the molecule is O=C(Nc1cnc(-c2ccccc2)nc1)c1ccc(Cn2cccn2)cc1. The molecule has 6 nitrogen and oxygen atoms in total. The quantitative estimate of drug-likeness (QED) is 0.593. The molecule has 4 aromatic rings. The van der Waals surface area contributed by atoms with E-state index in [4.69, 9.17) is 0 Å². The van der Waals surface area contributed by atoms with Crippen molar-refractivity contribution >= 4 is 11.6 Å². The van der Waals surface area contributed by atoms with Gasteiger partial charge in [0.25, 0.3) is 5.91 Å². The fourth-order valence-corrected chi connectivity index (χ4v) is 2.67. The minimum absolute atomic E-state index is 0.197. The number of anilines is 1. The van der Waals surface area contributed by atoms with Crippen LogP contribution >= 0.6 is 0 Å². The summed E-state index contributed by atoms with van der Waals surface area (Å²) in [5, 5.41) is 7.00. The third-order valence-electron chi connectivity index (χ3n) is 4.06. The van der Waals surface area contributed by atoms with Gasteiger partial charge in [0.15, 0.2) is 5.82 Å². The summed E-state index contributed by atoms with van der Waals surface area (Å²) in [6.07, 6.45) is 6.87. The van der Waals surface area contributed by atoms with Gasteiger partial charge in [-0.15, -0.1) is 0 Å². The summed E-state index contributed by atoms with van der Waals surface area (Å²) >= 11 is 0. The van der Waals surface area contributed by atoms with E-state index in [-0.39, 0.29) is 5.91 Å². The Morgan fingerprint density at radius 1 is 0.926 bits per heavy atom. The van der Waals surface area contributed by atoms with Crippen molar-refractivity contribution in [3.63, 3.8) is 0 Å². The van der Waals surface area contributed by atoms with Crippen molar-refractivity contribution in [1.82, 2.24) is 19.7 Å². The molecule has 0 unspecified atom stereocenters. The van der Waals surface area contributed by atoms with Gasteiger partial charge in [0, 0.05) is 23.5 Å². The summed E-state index contributed by atoms with van der Waals surface area (Å²) in [6, 6.07) is 19.0. The highest BCUT2D eigenvalue weighted by molar-refractivity contribution is 6.04. The second-order valence-electron chi connectivity index (χ2n) is 6.02. The van der Waals surface area contributed by atoms with Crippen molar-refractivity contribution in [3.05, 3.63) is 96.6 Å². The lowest BCUT2D eigenvalue weighted by molar-refractivity contribution is 0.102. The van der Waals surface area contributed by atoms with Gasteiger partial charge in [0.1, 0.15) is 0 Å². The third-order valence-corrected chi connectivity index (χ3v) is 4.06. The van der Waals surface area contributed by atoms with Gasteiger partial charge >= 0.3 is 0 Å². The first-order valence-electron chi connectivity index (χ1n) is 8.53. The molecule has 0 aliphatic carbocycles. The lowest BCUT2D eigenvalue weighted by atomic mass is 10.1. The topological polar surface area (TPSA) is 72.7 Å². The van der Waals surface area contributed by atoms with Crippen LogP contribution in [0.4, 0.5) is 5.69 Å². The molecule has 132 valence electrons. The lowest BCUT2D eigenvalue weighted by Crippen LogP contribution is -2.12. The molecule has 0 aliphatic rings. The molecule has 6 heteroatoms. The van der Waals surface area contributed by atoms with Crippen LogP contribution in [0.1, 0.15) is 15.9 Å². The van der Waals surface area contributed by atoms with E-state index >= 15 is 0 Å². The summed E-state index contributed by atoms with van der Waals surface area (Å²) in [5.74, 6) is 0.424. The van der Waals surface area contributed by atoms with E-state index in [1.807, 2.05) is 59.4 Å². The predicted molar refractivity (Wildman–Crippen MR) is 103 cm³/mol. The van der Waals surface area contributed by atoms with Crippen molar-refractivity contribution < 1.29 is 4.79 Å². The molecule has 0 fully saturated rings. The maximum Gasteiger partial charge on any atom is 0.255 e.